The molecule has 0 saturated carbocycles. The maximum Gasteiger partial charge on any atom is 0.153 e. The van der Waals surface area contributed by atoms with E-state index in [2.05, 4.69) is 20.9 Å². The van der Waals surface area contributed by atoms with Gasteiger partial charge in [-0.05, 0) is 30.3 Å². The summed E-state index contributed by atoms with van der Waals surface area (Å²) >= 11 is 9.46. The summed E-state index contributed by atoms with van der Waals surface area (Å²) in [5.41, 5.74) is 1.86. The molecule has 0 aliphatic rings. The van der Waals surface area contributed by atoms with E-state index in [0.717, 1.165) is 28.0 Å². The first-order chi connectivity index (χ1) is 9.78. The topological polar surface area (TPSA) is 22.1 Å². The summed E-state index contributed by atoms with van der Waals surface area (Å²) < 4.78 is 6.02. The van der Waals surface area contributed by atoms with Gasteiger partial charge in [-0.1, -0.05) is 45.7 Å². The SMILES string of the molecule is Clc1ccc(Oc2cccc3cccnc23)c(CBr)c1. The monoisotopic (exact) mass is 347 g/mol. The highest BCUT2D eigenvalue weighted by Crippen LogP contribution is 2.32. The molecule has 0 fully saturated rings. The standard InChI is InChI=1S/C16H11BrClNO/c17-10-12-9-13(18)6-7-14(12)20-15-5-1-3-11-4-2-8-19-16(11)15/h1-9H,10H2. The molecule has 100 valence electrons. The summed E-state index contributed by atoms with van der Waals surface area (Å²) in [5.74, 6) is 1.53. The minimum absolute atomic E-state index is 0.682. The van der Waals surface area contributed by atoms with E-state index in [9.17, 15) is 0 Å². The number of pyridine rings is 1. The quantitative estimate of drug-likeness (QED) is 0.577. The van der Waals surface area contributed by atoms with Gasteiger partial charge in [-0.25, -0.2) is 0 Å². The summed E-state index contributed by atoms with van der Waals surface area (Å²) in [6, 6.07) is 15.4. The number of rotatable bonds is 3. The maximum absolute atomic E-state index is 6.02. The van der Waals surface area contributed by atoms with E-state index in [0.29, 0.717) is 10.4 Å². The third-order valence-corrected chi connectivity index (χ3v) is 3.82. The minimum Gasteiger partial charge on any atom is -0.455 e. The Balaban J connectivity index is 2.05. The fraction of sp³-hybridized carbons (Fsp3) is 0.0625. The Morgan fingerprint density at radius 3 is 2.75 bits per heavy atom. The Morgan fingerprint density at radius 1 is 1.05 bits per heavy atom. The fourth-order valence-electron chi connectivity index (χ4n) is 2.03. The lowest BCUT2D eigenvalue weighted by Crippen LogP contribution is -1.91. The average molecular weight is 349 g/mol. The van der Waals surface area contributed by atoms with Crippen molar-refractivity contribution in [2.45, 2.75) is 5.33 Å². The predicted molar refractivity (Wildman–Crippen MR) is 85.9 cm³/mol. The molecule has 0 amide bonds. The van der Waals surface area contributed by atoms with Gasteiger partial charge in [-0.3, -0.25) is 4.98 Å². The molecule has 0 spiro atoms. The lowest BCUT2D eigenvalue weighted by Gasteiger charge is -2.11. The summed E-state index contributed by atoms with van der Waals surface area (Å²) in [6.07, 6.45) is 1.77. The number of ether oxygens (including phenoxy) is 1. The average Bonchev–Trinajstić information content (AvgIpc) is 2.49. The second-order valence-electron chi connectivity index (χ2n) is 4.32. The third-order valence-electron chi connectivity index (χ3n) is 2.98. The van der Waals surface area contributed by atoms with Crippen molar-refractivity contribution >= 4 is 38.4 Å². The van der Waals surface area contributed by atoms with E-state index in [1.807, 2.05) is 48.5 Å². The zero-order valence-electron chi connectivity index (χ0n) is 10.5. The van der Waals surface area contributed by atoms with Crippen molar-refractivity contribution < 1.29 is 4.74 Å². The van der Waals surface area contributed by atoms with Gasteiger partial charge in [0, 0.05) is 27.5 Å². The van der Waals surface area contributed by atoms with E-state index in [-0.39, 0.29) is 0 Å². The summed E-state index contributed by atoms with van der Waals surface area (Å²) in [5, 5.41) is 2.43. The van der Waals surface area contributed by atoms with Crippen molar-refractivity contribution in [1.82, 2.24) is 4.98 Å². The maximum atomic E-state index is 6.02. The number of aromatic nitrogens is 1. The first-order valence-electron chi connectivity index (χ1n) is 6.14. The number of hydrogen-bond donors (Lipinski definition) is 0. The van der Waals surface area contributed by atoms with Crippen LogP contribution in [0.5, 0.6) is 11.5 Å². The van der Waals surface area contributed by atoms with Gasteiger partial charge in [0.25, 0.3) is 0 Å². The van der Waals surface area contributed by atoms with Crippen LogP contribution in [0.25, 0.3) is 10.9 Å². The van der Waals surface area contributed by atoms with Crippen molar-refractivity contribution in [3.63, 3.8) is 0 Å². The first-order valence-corrected chi connectivity index (χ1v) is 7.64. The van der Waals surface area contributed by atoms with Gasteiger partial charge in [0.15, 0.2) is 5.75 Å². The fourth-order valence-corrected chi connectivity index (χ4v) is 2.66. The molecular formula is C16H11BrClNO. The van der Waals surface area contributed by atoms with Crippen LogP contribution in [0.3, 0.4) is 0 Å². The Bertz CT molecular complexity index is 755. The number of alkyl halides is 1. The minimum atomic E-state index is 0.682. The molecule has 2 aromatic carbocycles. The largest absolute Gasteiger partial charge is 0.455 e. The number of para-hydroxylation sites is 1. The van der Waals surface area contributed by atoms with E-state index in [1.54, 1.807) is 6.20 Å². The van der Waals surface area contributed by atoms with Crippen LogP contribution in [-0.4, -0.2) is 4.98 Å². The van der Waals surface area contributed by atoms with Gasteiger partial charge in [0.2, 0.25) is 0 Å². The van der Waals surface area contributed by atoms with Crippen LogP contribution in [0.15, 0.2) is 54.7 Å². The molecule has 1 heterocycles. The molecule has 1 aromatic heterocycles. The second-order valence-corrected chi connectivity index (χ2v) is 5.32. The molecule has 0 atom stereocenters. The molecule has 20 heavy (non-hydrogen) atoms. The van der Waals surface area contributed by atoms with E-state index >= 15 is 0 Å². The van der Waals surface area contributed by atoms with E-state index in [1.165, 1.54) is 0 Å². The van der Waals surface area contributed by atoms with E-state index in [4.69, 9.17) is 16.3 Å². The number of fused-ring (bicyclic) bond motifs is 1. The summed E-state index contributed by atoms with van der Waals surface area (Å²) in [4.78, 5) is 4.39. The molecule has 0 saturated heterocycles. The molecule has 0 unspecified atom stereocenters. The van der Waals surface area contributed by atoms with Crippen molar-refractivity contribution in [3.05, 3.63) is 65.3 Å². The van der Waals surface area contributed by atoms with Gasteiger partial charge in [0.1, 0.15) is 11.3 Å². The van der Waals surface area contributed by atoms with Crippen molar-refractivity contribution in [2.24, 2.45) is 0 Å². The zero-order valence-corrected chi connectivity index (χ0v) is 12.9. The molecule has 4 heteroatoms. The Morgan fingerprint density at radius 2 is 1.90 bits per heavy atom. The number of hydrogen-bond acceptors (Lipinski definition) is 2. The van der Waals surface area contributed by atoms with E-state index < -0.39 is 0 Å². The highest BCUT2D eigenvalue weighted by molar-refractivity contribution is 9.08. The Kier molecular flexibility index (Phi) is 3.90. The van der Waals surface area contributed by atoms with Crippen LogP contribution in [-0.2, 0) is 5.33 Å². The van der Waals surface area contributed by atoms with Gasteiger partial charge in [0.05, 0.1) is 0 Å². The molecule has 0 radical (unpaired) electrons. The molecule has 3 rings (SSSR count). The number of nitrogens with zero attached hydrogens (tertiary/aromatic N) is 1. The smallest absolute Gasteiger partial charge is 0.153 e. The summed E-state index contributed by atoms with van der Waals surface area (Å²) in [7, 11) is 0. The molecule has 0 N–H and O–H groups in total. The highest BCUT2D eigenvalue weighted by atomic mass is 79.9. The molecule has 2 nitrogen and oxygen atoms in total. The molecular weight excluding hydrogens is 338 g/mol. The third kappa shape index (κ3) is 2.65. The predicted octanol–water partition coefficient (Wildman–Crippen LogP) is 5.58. The van der Waals surface area contributed by atoms with Crippen molar-refractivity contribution in [1.29, 1.82) is 0 Å². The zero-order chi connectivity index (χ0) is 13.9. The Hall–Kier alpha value is -1.58. The molecule has 3 aromatic rings. The summed E-state index contributed by atoms with van der Waals surface area (Å²) in [6.45, 7) is 0. The molecule has 0 bridgehead atoms. The first kappa shape index (κ1) is 13.4. The van der Waals surface area contributed by atoms with Crippen LogP contribution < -0.4 is 4.74 Å². The number of halogens is 2. The van der Waals surface area contributed by atoms with Crippen LogP contribution in [0, 0.1) is 0 Å². The Labute approximate surface area is 130 Å². The normalized spacial score (nSPS) is 10.7. The lowest BCUT2D eigenvalue weighted by atomic mass is 10.2. The second kappa shape index (κ2) is 5.81. The van der Waals surface area contributed by atoms with Crippen LogP contribution in [0.4, 0.5) is 0 Å². The van der Waals surface area contributed by atoms with Crippen molar-refractivity contribution in [3.8, 4) is 11.5 Å². The van der Waals surface area contributed by atoms with Gasteiger partial charge >= 0.3 is 0 Å². The van der Waals surface area contributed by atoms with Gasteiger partial charge < -0.3 is 4.74 Å². The lowest BCUT2D eigenvalue weighted by molar-refractivity contribution is 0.483. The molecule has 0 aliphatic carbocycles. The highest BCUT2D eigenvalue weighted by Gasteiger charge is 2.08. The number of benzene rings is 2. The van der Waals surface area contributed by atoms with Crippen LogP contribution in [0.1, 0.15) is 5.56 Å². The van der Waals surface area contributed by atoms with Gasteiger partial charge in [-0.2, -0.15) is 0 Å². The van der Waals surface area contributed by atoms with Gasteiger partial charge in [-0.15, -0.1) is 0 Å². The van der Waals surface area contributed by atoms with Crippen LogP contribution in [0.2, 0.25) is 5.02 Å². The molecule has 0 aliphatic heterocycles. The van der Waals surface area contributed by atoms with Crippen molar-refractivity contribution in [2.75, 3.05) is 0 Å². The van der Waals surface area contributed by atoms with Crippen LogP contribution >= 0.6 is 27.5 Å².